The standard InChI is InChI=1S/C19H25N5/c1-20-19(23-12-5-6-13-23)21-14-17-16-10-7-11-18(16)24(22-17)15-8-3-2-4-9-15/h2-4,8-9H,5-7,10-14H2,1H3,(H,20,21). The summed E-state index contributed by atoms with van der Waals surface area (Å²) in [7, 11) is 1.87. The normalized spacial score (nSPS) is 17.4. The van der Waals surface area contributed by atoms with E-state index in [1.807, 2.05) is 7.05 Å². The smallest absolute Gasteiger partial charge is 0.193 e. The third kappa shape index (κ3) is 2.79. The third-order valence-electron chi connectivity index (χ3n) is 5.05. The molecule has 2 aromatic rings. The van der Waals surface area contributed by atoms with Crippen LogP contribution in [0.25, 0.3) is 5.69 Å². The SMILES string of the molecule is CN=C(NCc1nn(-c2ccccc2)c2c1CCC2)N1CCCC1. The number of hydrogen-bond donors (Lipinski definition) is 1. The van der Waals surface area contributed by atoms with Gasteiger partial charge in [0.25, 0.3) is 0 Å². The van der Waals surface area contributed by atoms with Crippen LogP contribution in [0.5, 0.6) is 0 Å². The van der Waals surface area contributed by atoms with Crippen molar-refractivity contribution in [1.29, 1.82) is 0 Å². The Balaban J connectivity index is 1.56. The second-order valence-corrected chi connectivity index (χ2v) is 6.57. The summed E-state index contributed by atoms with van der Waals surface area (Å²) in [6, 6.07) is 10.5. The molecular formula is C19H25N5. The van der Waals surface area contributed by atoms with Crippen molar-refractivity contribution < 1.29 is 0 Å². The zero-order valence-corrected chi connectivity index (χ0v) is 14.3. The maximum Gasteiger partial charge on any atom is 0.193 e. The summed E-state index contributed by atoms with van der Waals surface area (Å²) in [5, 5.41) is 8.44. The first-order valence-corrected chi connectivity index (χ1v) is 8.97. The van der Waals surface area contributed by atoms with Crippen molar-refractivity contribution in [2.24, 2.45) is 4.99 Å². The highest BCUT2D eigenvalue weighted by molar-refractivity contribution is 5.80. The Morgan fingerprint density at radius 1 is 1.12 bits per heavy atom. The second-order valence-electron chi connectivity index (χ2n) is 6.57. The largest absolute Gasteiger partial charge is 0.351 e. The van der Waals surface area contributed by atoms with Crippen LogP contribution in [0.2, 0.25) is 0 Å². The highest BCUT2D eigenvalue weighted by atomic mass is 15.3. The Bertz CT molecular complexity index is 726. The van der Waals surface area contributed by atoms with Gasteiger partial charge in [0.2, 0.25) is 0 Å². The van der Waals surface area contributed by atoms with Gasteiger partial charge >= 0.3 is 0 Å². The molecule has 1 aliphatic carbocycles. The summed E-state index contributed by atoms with van der Waals surface area (Å²) < 4.78 is 2.14. The van der Waals surface area contributed by atoms with Gasteiger partial charge in [0.15, 0.2) is 5.96 Å². The molecule has 0 saturated carbocycles. The van der Waals surface area contributed by atoms with E-state index in [-0.39, 0.29) is 0 Å². The summed E-state index contributed by atoms with van der Waals surface area (Å²) in [6.07, 6.45) is 6.02. The van der Waals surface area contributed by atoms with Gasteiger partial charge in [-0.05, 0) is 49.8 Å². The van der Waals surface area contributed by atoms with Crippen LogP contribution in [0.4, 0.5) is 0 Å². The van der Waals surface area contributed by atoms with Crippen LogP contribution in [0.3, 0.4) is 0 Å². The number of hydrogen-bond acceptors (Lipinski definition) is 2. The number of para-hydroxylation sites is 1. The fourth-order valence-corrected chi connectivity index (χ4v) is 3.86. The Hall–Kier alpha value is -2.30. The van der Waals surface area contributed by atoms with E-state index >= 15 is 0 Å². The topological polar surface area (TPSA) is 45.5 Å². The van der Waals surface area contributed by atoms with Crippen molar-refractivity contribution in [3.05, 3.63) is 47.3 Å². The first kappa shape index (κ1) is 15.2. The number of nitrogens with zero attached hydrogens (tertiary/aromatic N) is 4. The van der Waals surface area contributed by atoms with E-state index in [0.29, 0.717) is 0 Å². The monoisotopic (exact) mass is 323 g/mol. The lowest BCUT2D eigenvalue weighted by Gasteiger charge is -2.20. The van der Waals surface area contributed by atoms with Gasteiger partial charge < -0.3 is 10.2 Å². The molecule has 1 N–H and O–H groups in total. The number of benzene rings is 1. The number of aromatic nitrogens is 2. The van der Waals surface area contributed by atoms with Crippen molar-refractivity contribution in [1.82, 2.24) is 20.0 Å². The molecule has 0 amide bonds. The molecule has 5 heteroatoms. The van der Waals surface area contributed by atoms with Crippen LogP contribution in [-0.4, -0.2) is 40.8 Å². The molecule has 2 aliphatic rings. The number of fused-ring (bicyclic) bond motifs is 1. The van der Waals surface area contributed by atoms with Crippen molar-refractivity contribution in [2.75, 3.05) is 20.1 Å². The first-order valence-electron chi connectivity index (χ1n) is 8.97. The Morgan fingerprint density at radius 2 is 1.92 bits per heavy atom. The van der Waals surface area contributed by atoms with E-state index in [1.165, 1.54) is 36.2 Å². The number of rotatable bonds is 3. The first-order chi connectivity index (χ1) is 11.9. The Morgan fingerprint density at radius 3 is 2.67 bits per heavy atom. The number of guanidine groups is 1. The van der Waals surface area contributed by atoms with E-state index in [4.69, 9.17) is 5.10 Å². The summed E-state index contributed by atoms with van der Waals surface area (Å²) in [6.45, 7) is 2.97. The highest BCUT2D eigenvalue weighted by Gasteiger charge is 2.23. The summed E-state index contributed by atoms with van der Waals surface area (Å²) in [4.78, 5) is 6.78. The van der Waals surface area contributed by atoms with Gasteiger partial charge in [-0.25, -0.2) is 4.68 Å². The van der Waals surface area contributed by atoms with Gasteiger partial charge in [-0.2, -0.15) is 5.10 Å². The maximum atomic E-state index is 4.92. The van der Waals surface area contributed by atoms with Gasteiger partial charge in [0.1, 0.15) is 0 Å². The number of nitrogens with one attached hydrogen (secondary N) is 1. The zero-order chi connectivity index (χ0) is 16.4. The van der Waals surface area contributed by atoms with E-state index < -0.39 is 0 Å². The summed E-state index contributed by atoms with van der Waals surface area (Å²) in [5.41, 5.74) is 5.15. The van der Waals surface area contributed by atoms with E-state index in [9.17, 15) is 0 Å². The molecule has 1 saturated heterocycles. The van der Waals surface area contributed by atoms with Crippen molar-refractivity contribution in [3.63, 3.8) is 0 Å². The van der Waals surface area contributed by atoms with Crippen molar-refractivity contribution >= 4 is 5.96 Å². The van der Waals surface area contributed by atoms with Crippen LogP contribution in [0.1, 0.15) is 36.2 Å². The number of aliphatic imine (C=N–C) groups is 1. The lowest BCUT2D eigenvalue weighted by molar-refractivity contribution is 0.492. The minimum Gasteiger partial charge on any atom is -0.351 e. The predicted molar refractivity (Wildman–Crippen MR) is 96.6 cm³/mol. The van der Waals surface area contributed by atoms with Crippen LogP contribution in [0.15, 0.2) is 35.3 Å². The summed E-state index contributed by atoms with van der Waals surface area (Å²) >= 11 is 0. The molecule has 126 valence electrons. The molecule has 1 aliphatic heterocycles. The van der Waals surface area contributed by atoms with E-state index in [1.54, 1.807) is 0 Å². The van der Waals surface area contributed by atoms with Gasteiger partial charge in [0, 0.05) is 25.8 Å². The molecule has 24 heavy (non-hydrogen) atoms. The molecule has 2 heterocycles. The fraction of sp³-hybridized carbons (Fsp3) is 0.474. The van der Waals surface area contributed by atoms with E-state index in [0.717, 1.165) is 44.1 Å². The molecule has 1 aromatic heterocycles. The van der Waals surface area contributed by atoms with Gasteiger partial charge in [-0.1, -0.05) is 18.2 Å². The van der Waals surface area contributed by atoms with Crippen LogP contribution < -0.4 is 5.32 Å². The third-order valence-corrected chi connectivity index (χ3v) is 5.05. The van der Waals surface area contributed by atoms with Gasteiger partial charge in [-0.15, -0.1) is 0 Å². The molecule has 0 radical (unpaired) electrons. The molecule has 4 rings (SSSR count). The van der Waals surface area contributed by atoms with Gasteiger partial charge in [0.05, 0.1) is 17.9 Å². The average Bonchev–Trinajstić information content (AvgIpc) is 3.35. The minimum absolute atomic E-state index is 0.755. The summed E-state index contributed by atoms with van der Waals surface area (Å²) in [5.74, 6) is 1.01. The Labute approximate surface area is 143 Å². The molecule has 1 aromatic carbocycles. The minimum atomic E-state index is 0.755. The molecule has 1 fully saturated rings. The van der Waals surface area contributed by atoms with Crippen LogP contribution >= 0.6 is 0 Å². The second kappa shape index (κ2) is 6.67. The molecule has 0 unspecified atom stereocenters. The molecule has 0 spiro atoms. The quantitative estimate of drug-likeness (QED) is 0.697. The Kier molecular flexibility index (Phi) is 4.24. The lowest BCUT2D eigenvalue weighted by Crippen LogP contribution is -2.39. The maximum absolute atomic E-state index is 4.92. The molecule has 0 atom stereocenters. The lowest BCUT2D eigenvalue weighted by atomic mass is 10.2. The highest BCUT2D eigenvalue weighted by Crippen LogP contribution is 2.27. The van der Waals surface area contributed by atoms with E-state index in [2.05, 4.69) is 50.2 Å². The van der Waals surface area contributed by atoms with Crippen molar-refractivity contribution in [2.45, 2.75) is 38.6 Å². The molecule has 5 nitrogen and oxygen atoms in total. The fourth-order valence-electron chi connectivity index (χ4n) is 3.86. The van der Waals surface area contributed by atoms with Crippen molar-refractivity contribution in [3.8, 4) is 5.69 Å². The predicted octanol–water partition coefficient (Wildman–Crippen LogP) is 2.53. The van der Waals surface area contributed by atoms with Crippen LogP contribution in [-0.2, 0) is 19.4 Å². The molecule has 0 bridgehead atoms. The number of likely N-dealkylation sites (tertiary alicyclic amines) is 1. The van der Waals surface area contributed by atoms with Gasteiger partial charge in [-0.3, -0.25) is 4.99 Å². The zero-order valence-electron chi connectivity index (χ0n) is 14.3. The molecular weight excluding hydrogens is 298 g/mol. The average molecular weight is 323 g/mol. The van der Waals surface area contributed by atoms with Crippen LogP contribution in [0, 0.1) is 0 Å².